The summed E-state index contributed by atoms with van der Waals surface area (Å²) in [5.74, 6) is 0.963. The largest absolute Gasteiger partial charge is 0.489 e. The van der Waals surface area contributed by atoms with E-state index in [1.54, 1.807) is 18.3 Å². The zero-order valence-corrected chi connectivity index (χ0v) is 18.1. The third-order valence-corrected chi connectivity index (χ3v) is 5.00. The zero-order valence-electron chi connectivity index (χ0n) is 16.5. The van der Waals surface area contributed by atoms with Crippen molar-refractivity contribution in [2.45, 2.75) is 6.61 Å². The normalized spacial score (nSPS) is 11.0. The molecule has 2 N–H and O–H groups in total. The molecule has 0 bridgehead atoms. The van der Waals surface area contributed by atoms with Gasteiger partial charge in [0.1, 0.15) is 18.1 Å². The van der Waals surface area contributed by atoms with Gasteiger partial charge in [0, 0.05) is 27.1 Å². The predicted molar refractivity (Wildman–Crippen MR) is 124 cm³/mol. The van der Waals surface area contributed by atoms with Crippen molar-refractivity contribution in [3.05, 3.63) is 94.6 Å². The van der Waals surface area contributed by atoms with E-state index in [2.05, 4.69) is 31.4 Å². The van der Waals surface area contributed by atoms with Crippen molar-refractivity contribution in [2.75, 3.05) is 6.61 Å². The second-order valence-corrected chi connectivity index (χ2v) is 7.68. The lowest BCUT2D eigenvalue weighted by atomic mass is 10.2. The number of hydrazone groups is 1. The maximum Gasteiger partial charge on any atom is 0.277 e. The van der Waals surface area contributed by atoms with Crippen molar-refractivity contribution in [3.8, 4) is 11.5 Å². The van der Waals surface area contributed by atoms with E-state index >= 15 is 0 Å². The SMILES string of the molecule is O=C(COc1ccc(OCc2ccccc2)cc1)N/N=C\c1c[nH]c2ccc(Br)cc12. The summed E-state index contributed by atoms with van der Waals surface area (Å²) in [4.78, 5) is 15.2. The minimum absolute atomic E-state index is 0.138. The third kappa shape index (κ3) is 5.73. The summed E-state index contributed by atoms with van der Waals surface area (Å²) in [6.45, 7) is 0.357. The first-order valence-corrected chi connectivity index (χ1v) is 10.4. The molecule has 0 saturated heterocycles. The highest BCUT2D eigenvalue weighted by molar-refractivity contribution is 9.10. The van der Waals surface area contributed by atoms with Crippen LogP contribution < -0.4 is 14.9 Å². The number of fused-ring (bicyclic) bond motifs is 1. The molecule has 6 nitrogen and oxygen atoms in total. The van der Waals surface area contributed by atoms with Gasteiger partial charge in [-0.2, -0.15) is 5.10 Å². The number of rotatable bonds is 8. The van der Waals surface area contributed by atoms with Crippen LogP contribution in [0.3, 0.4) is 0 Å². The van der Waals surface area contributed by atoms with Gasteiger partial charge < -0.3 is 14.5 Å². The Morgan fingerprint density at radius 2 is 1.74 bits per heavy atom. The van der Waals surface area contributed by atoms with Crippen LogP contribution in [0.5, 0.6) is 11.5 Å². The number of ether oxygens (including phenoxy) is 2. The number of benzene rings is 3. The Hall–Kier alpha value is -3.58. The number of amides is 1. The van der Waals surface area contributed by atoms with Gasteiger partial charge in [-0.05, 0) is 48.0 Å². The van der Waals surface area contributed by atoms with Crippen LogP contribution in [0, 0.1) is 0 Å². The number of hydrogen-bond acceptors (Lipinski definition) is 4. The monoisotopic (exact) mass is 477 g/mol. The van der Waals surface area contributed by atoms with Crippen LogP contribution in [0.25, 0.3) is 10.9 Å². The summed E-state index contributed by atoms with van der Waals surface area (Å²) in [6, 6.07) is 23.0. The fourth-order valence-electron chi connectivity index (χ4n) is 2.95. The van der Waals surface area contributed by atoms with Crippen molar-refractivity contribution in [3.63, 3.8) is 0 Å². The Kier molecular flexibility index (Phi) is 6.64. The molecule has 1 aromatic heterocycles. The molecule has 0 spiro atoms. The first-order valence-electron chi connectivity index (χ1n) is 9.65. The van der Waals surface area contributed by atoms with Gasteiger partial charge in [0.2, 0.25) is 0 Å². The number of nitrogens with one attached hydrogen (secondary N) is 2. The molecule has 1 heterocycles. The van der Waals surface area contributed by atoms with Crippen molar-refractivity contribution >= 4 is 39.0 Å². The van der Waals surface area contributed by atoms with E-state index in [4.69, 9.17) is 9.47 Å². The van der Waals surface area contributed by atoms with Gasteiger partial charge in [0.25, 0.3) is 5.91 Å². The standard InChI is InChI=1S/C24H20BrN3O3/c25-19-6-11-23-22(12-19)18(13-26-23)14-27-28-24(29)16-31-21-9-7-20(8-10-21)30-15-17-4-2-1-3-5-17/h1-14,26H,15-16H2,(H,28,29)/b27-14-. The Labute approximate surface area is 188 Å². The van der Waals surface area contributed by atoms with Crippen molar-refractivity contribution < 1.29 is 14.3 Å². The molecule has 7 heteroatoms. The molecule has 1 amide bonds. The predicted octanol–water partition coefficient (Wildman–Crippen LogP) is 5.04. The number of hydrogen-bond donors (Lipinski definition) is 2. The average Bonchev–Trinajstić information content (AvgIpc) is 3.19. The number of halogens is 1. The zero-order chi connectivity index (χ0) is 21.5. The molecule has 0 aliphatic heterocycles. The van der Waals surface area contributed by atoms with Crippen LogP contribution in [0.2, 0.25) is 0 Å². The summed E-state index contributed by atoms with van der Waals surface area (Å²) in [7, 11) is 0. The lowest BCUT2D eigenvalue weighted by molar-refractivity contribution is -0.123. The summed E-state index contributed by atoms with van der Waals surface area (Å²) in [5.41, 5.74) is 5.45. The lowest BCUT2D eigenvalue weighted by Gasteiger charge is -2.08. The number of aromatic nitrogens is 1. The van der Waals surface area contributed by atoms with Gasteiger partial charge in [-0.3, -0.25) is 4.79 Å². The van der Waals surface area contributed by atoms with Gasteiger partial charge >= 0.3 is 0 Å². The number of aromatic amines is 1. The maximum atomic E-state index is 12.0. The molecule has 0 saturated carbocycles. The van der Waals surface area contributed by atoms with E-state index in [9.17, 15) is 4.79 Å². The van der Waals surface area contributed by atoms with Gasteiger partial charge in [-0.1, -0.05) is 46.3 Å². The number of carbonyl (C=O) groups is 1. The molecule has 0 radical (unpaired) electrons. The van der Waals surface area contributed by atoms with E-state index in [-0.39, 0.29) is 12.5 Å². The van der Waals surface area contributed by atoms with Crippen molar-refractivity contribution in [1.29, 1.82) is 0 Å². The van der Waals surface area contributed by atoms with Crippen LogP contribution in [0.1, 0.15) is 11.1 Å². The summed E-state index contributed by atoms with van der Waals surface area (Å²) >= 11 is 3.46. The summed E-state index contributed by atoms with van der Waals surface area (Å²) < 4.78 is 12.2. The van der Waals surface area contributed by atoms with Crippen LogP contribution in [-0.4, -0.2) is 23.7 Å². The molecule has 4 rings (SSSR count). The highest BCUT2D eigenvalue weighted by Gasteiger charge is 2.04. The molecule has 3 aromatic carbocycles. The number of nitrogens with zero attached hydrogens (tertiary/aromatic N) is 1. The smallest absolute Gasteiger partial charge is 0.277 e. The van der Waals surface area contributed by atoms with Gasteiger partial charge in [-0.15, -0.1) is 0 Å². The summed E-state index contributed by atoms with van der Waals surface area (Å²) in [6.07, 6.45) is 3.44. The van der Waals surface area contributed by atoms with E-state index in [0.29, 0.717) is 12.4 Å². The topological polar surface area (TPSA) is 75.7 Å². The quantitative estimate of drug-likeness (QED) is 0.275. The van der Waals surface area contributed by atoms with Gasteiger partial charge in [-0.25, -0.2) is 5.43 Å². The van der Waals surface area contributed by atoms with Gasteiger partial charge in [0.15, 0.2) is 6.61 Å². The molecule has 0 aliphatic rings. The van der Waals surface area contributed by atoms with E-state index in [0.717, 1.165) is 32.3 Å². The molecule has 0 unspecified atom stereocenters. The molecular formula is C24H20BrN3O3. The average molecular weight is 478 g/mol. The lowest BCUT2D eigenvalue weighted by Crippen LogP contribution is -2.24. The van der Waals surface area contributed by atoms with Crippen LogP contribution in [-0.2, 0) is 11.4 Å². The molecule has 0 aliphatic carbocycles. The Morgan fingerprint density at radius 3 is 2.52 bits per heavy atom. The minimum Gasteiger partial charge on any atom is -0.489 e. The fraction of sp³-hybridized carbons (Fsp3) is 0.0833. The Morgan fingerprint density at radius 1 is 1.00 bits per heavy atom. The Balaban J connectivity index is 1.24. The van der Waals surface area contributed by atoms with E-state index in [1.807, 2.05) is 66.9 Å². The first kappa shape index (κ1) is 20.7. The molecule has 4 aromatic rings. The van der Waals surface area contributed by atoms with Crippen molar-refractivity contribution in [2.24, 2.45) is 5.10 Å². The van der Waals surface area contributed by atoms with E-state index < -0.39 is 0 Å². The molecule has 31 heavy (non-hydrogen) atoms. The van der Waals surface area contributed by atoms with Crippen LogP contribution in [0.4, 0.5) is 0 Å². The van der Waals surface area contributed by atoms with Gasteiger partial charge in [0.05, 0.1) is 6.21 Å². The second-order valence-electron chi connectivity index (χ2n) is 6.76. The fourth-order valence-corrected chi connectivity index (χ4v) is 3.31. The maximum absolute atomic E-state index is 12.0. The van der Waals surface area contributed by atoms with E-state index in [1.165, 1.54) is 0 Å². The third-order valence-electron chi connectivity index (χ3n) is 4.51. The highest BCUT2D eigenvalue weighted by Crippen LogP contribution is 2.21. The molecular weight excluding hydrogens is 458 g/mol. The minimum atomic E-state index is -0.346. The second kappa shape index (κ2) is 9.95. The molecule has 0 fully saturated rings. The number of H-pyrrole nitrogens is 1. The van der Waals surface area contributed by atoms with Crippen LogP contribution >= 0.6 is 15.9 Å². The molecule has 0 atom stereocenters. The number of carbonyl (C=O) groups excluding carboxylic acids is 1. The molecule has 156 valence electrons. The Bertz CT molecular complexity index is 1190. The van der Waals surface area contributed by atoms with Crippen molar-refractivity contribution in [1.82, 2.24) is 10.4 Å². The van der Waals surface area contributed by atoms with Crippen LogP contribution in [0.15, 0.2) is 88.6 Å². The highest BCUT2D eigenvalue weighted by atomic mass is 79.9. The first-order chi connectivity index (χ1) is 15.2. The summed E-state index contributed by atoms with van der Waals surface area (Å²) in [5, 5.41) is 5.03.